The zero-order chi connectivity index (χ0) is 14.9. The second kappa shape index (κ2) is 5.94. The number of hydrogen-bond donors (Lipinski definition) is 1. The minimum atomic E-state index is 0.342. The van der Waals surface area contributed by atoms with Crippen LogP contribution in [0.5, 0.6) is 11.5 Å². The fourth-order valence-corrected chi connectivity index (χ4v) is 4.09. The van der Waals surface area contributed by atoms with Gasteiger partial charge in [-0.25, -0.2) is 0 Å². The van der Waals surface area contributed by atoms with Crippen LogP contribution in [0.2, 0.25) is 0 Å². The Morgan fingerprint density at radius 3 is 3.05 bits per heavy atom. The Hall–Kier alpha value is -1.52. The zero-order valence-corrected chi connectivity index (χ0v) is 13.0. The molecule has 0 aromatic heterocycles. The lowest BCUT2D eigenvalue weighted by Crippen LogP contribution is -2.55. The van der Waals surface area contributed by atoms with Gasteiger partial charge in [-0.3, -0.25) is 4.90 Å². The molecule has 4 heteroatoms. The van der Waals surface area contributed by atoms with Gasteiger partial charge in [0.1, 0.15) is 0 Å². The van der Waals surface area contributed by atoms with Crippen molar-refractivity contribution in [3.8, 4) is 11.5 Å². The molecule has 4 aliphatic heterocycles. The molecule has 3 saturated heterocycles. The van der Waals surface area contributed by atoms with Gasteiger partial charge in [0.15, 0.2) is 11.5 Å². The summed E-state index contributed by atoms with van der Waals surface area (Å²) >= 11 is 0. The van der Waals surface area contributed by atoms with Crippen LogP contribution in [0.4, 0.5) is 0 Å². The summed E-state index contributed by atoms with van der Waals surface area (Å²) in [5, 5.41) is 3.62. The summed E-state index contributed by atoms with van der Waals surface area (Å²) in [7, 11) is 0. The van der Waals surface area contributed by atoms with Gasteiger partial charge in [-0.05, 0) is 48.9 Å². The molecule has 0 amide bonds. The van der Waals surface area contributed by atoms with Gasteiger partial charge in [0, 0.05) is 25.7 Å². The lowest BCUT2D eigenvalue weighted by Gasteiger charge is -2.49. The Labute approximate surface area is 132 Å². The molecule has 4 atom stereocenters. The molecule has 1 unspecified atom stereocenters. The molecule has 4 heterocycles. The van der Waals surface area contributed by atoms with Crippen molar-refractivity contribution in [2.75, 3.05) is 26.4 Å². The Morgan fingerprint density at radius 1 is 1.32 bits per heavy atom. The summed E-state index contributed by atoms with van der Waals surface area (Å²) in [6.45, 7) is 8.74. The molecule has 4 aliphatic rings. The lowest BCUT2D eigenvalue weighted by molar-refractivity contribution is 0.0195. The SMILES string of the molecule is C=C[C@H]1CN2CC[C@H]1C[C@@H]2CNCc1ccc2c(c1)OCO2. The highest BCUT2D eigenvalue weighted by atomic mass is 16.7. The minimum Gasteiger partial charge on any atom is -0.454 e. The lowest BCUT2D eigenvalue weighted by atomic mass is 9.75. The van der Waals surface area contributed by atoms with Crippen LogP contribution in [0.1, 0.15) is 18.4 Å². The molecule has 1 N–H and O–H groups in total. The monoisotopic (exact) mass is 300 g/mol. The maximum Gasteiger partial charge on any atom is 0.231 e. The Kier molecular flexibility index (Phi) is 3.80. The fraction of sp³-hybridized carbons (Fsp3) is 0.556. The number of ether oxygens (including phenoxy) is 2. The first-order valence-corrected chi connectivity index (χ1v) is 8.29. The van der Waals surface area contributed by atoms with Crippen molar-refractivity contribution in [1.29, 1.82) is 0 Å². The number of fused-ring (bicyclic) bond motifs is 4. The summed E-state index contributed by atoms with van der Waals surface area (Å²) in [4.78, 5) is 2.64. The first-order chi connectivity index (χ1) is 10.8. The normalized spacial score (nSPS) is 32.2. The van der Waals surface area contributed by atoms with Gasteiger partial charge >= 0.3 is 0 Å². The van der Waals surface area contributed by atoms with Crippen LogP contribution in [-0.4, -0.2) is 37.4 Å². The number of benzene rings is 1. The highest BCUT2D eigenvalue weighted by molar-refractivity contribution is 5.44. The van der Waals surface area contributed by atoms with Crippen molar-refractivity contribution in [3.05, 3.63) is 36.4 Å². The van der Waals surface area contributed by atoms with Crippen molar-refractivity contribution >= 4 is 0 Å². The molecule has 1 aromatic carbocycles. The maximum absolute atomic E-state index is 5.43. The highest BCUT2D eigenvalue weighted by Gasteiger charge is 2.38. The number of nitrogens with zero attached hydrogens (tertiary/aromatic N) is 1. The van der Waals surface area contributed by atoms with E-state index in [1.54, 1.807) is 0 Å². The third-order valence-electron chi connectivity index (χ3n) is 5.38. The highest BCUT2D eigenvalue weighted by Crippen LogP contribution is 2.36. The summed E-state index contributed by atoms with van der Waals surface area (Å²) in [5.41, 5.74) is 1.25. The molecule has 22 heavy (non-hydrogen) atoms. The number of piperidine rings is 3. The van der Waals surface area contributed by atoms with Gasteiger partial charge in [0.25, 0.3) is 0 Å². The van der Waals surface area contributed by atoms with Crippen LogP contribution in [0.15, 0.2) is 30.9 Å². The van der Waals surface area contributed by atoms with Crippen molar-refractivity contribution in [2.24, 2.45) is 11.8 Å². The number of rotatable bonds is 5. The average Bonchev–Trinajstić information content (AvgIpc) is 3.03. The molecule has 118 valence electrons. The molecule has 4 nitrogen and oxygen atoms in total. The largest absolute Gasteiger partial charge is 0.454 e. The first kappa shape index (κ1) is 14.1. The summed E-state index contributed by atoms with van der Waals surface area (Å²) in [6.07, 6.45) is 4.81. The van der Waals surface area contributed by atoms with Gasteiger partial charge in [0.2, 0.25) is 6.79 Å². The third-order valence-corrected chi connectivity index (χ3v) is 5.38. The van der Waals surface area contributed by atoms with Gasteiger partial charge in [-0.15, -0.1) is 6.58 Å². The van der Waals surface area contributed by atoms with E-state index >= 15 is 0 Å². The fourth-order valence-electron chi connectivity index (χ4n) is 4.09. The van der Waals surface area contributed by atoms with Crippen LogP contribution in [0.25, 0.3) is 0 Å². The smallest absolute Gasteiger partial charge is 0.231 e. The van der Waals surface area contributed by atoms with Gasteiger partial charge in [-0.2, -0.15) is 0 Å². The minimum absolute atomic E-state index is 0.342. The molecule has 3 fully saturated rings. The topological polar surface area (TPSA) is 33.7 Å². The molecular formula is C18H24N2O2. The van der Waals surface area contributed by atoms with E-state index in [-0.39, 0.29) is 0 Å². The molecule has 0 saturated carbocycles. The Bertz CT molecular complexity index is 560. The molecule has 5 rings (SSSR count). The van der Waals surface area contributed by atoms with Gasteiger partial charge in [0.05, 0.1) is 0 Å². The maximum atomic E-state index is 5.43. The summed E-state index contributed by atoms with van der Waals surface area (Å²) in [5.74, 6) is 3.28. The summed E-state index contributed by atoms with van der Waals surface area (Å²) < 4.78 is 10.8. The number of hydrogen-bond acceptors (Lipinski definition) is 4. The first-order valence-electron chi connectivity index (χ1n) is 8.29. The molecule has 0 radical (unpaired) electrons. The van der Waals surface area contributed by atoms with E-state index in [4.69, 9.17) is 9.47 Å². The van der Waals surface area contributed by atoms with Crippen LogP contribution in [0, 0.1) is 11.8 Å². The Balaban J connectivity index is 1.30. The average molecular weight is 300 g/mol. The summed E-state index contributed by atoms with van der Waals surface area (Å²) in [6, 6.07) is 6.88. The van der Waals surface area contributed by atoms with E-state index in [9.17, 15) is 0 Å². The van der Waals surface area contributed by atoms with E-state index in [0.29, 0.717) is 18.8 Å². The molecule has 1 aromatic rings. The molecular weight excluding hydrogens is 276 g/mol. The van der Waals surface area contributed by atoms with Crippen molar-refractivity contribution < 1.29 is 9.47 Å². The van der Waals surface area contributed by atoms with Crippen molar-refractivity contribution in [2.45, 2.75) is 25.4 Å². The predicted molar refractivity (Wildman–Crippen MR) is 86.0 cm³/mol. The predicted octanol–water partition coefficient (Wildman–Crippen LogP) is 2.40. The van der Waals surface area contributed by atoms with Crippen LogP contribution in [0.3, 0.4) is 0 Å². The van der Waals surface area contributed by atoms with E-state index in [2.05, 4.69) is 35.0 Å². The number of nitrogens with one attached hydrogen (secondary N) is 1. The zero-order valence-electron chi connectivity index (χ0n) is 13.0. The van der Waals surface area contributed by atoms with E-state index < -0.39 is 0 Å². The quantitative estimate of drug-likeness (QED) is 0.847. The van der Waals surface area contributed by atoms with E-state index in [1.807, 2.05) is 6.07 Å². The molecule has 0 spiro atoms. The standard InChI is InChI=1S/C18H24N2O2/c1-2-14-11-20-6-5-15(14)8-16(20)10-19-9-13-3-4-17-18(7-13)22-12-21-17/h2-4,7,14-16,19H,1,5-6,8-12H2/t14-,15-,16+/m0/s1. The van der Waals surface area contributed by atoms with Crippen molar-refractivity contribution in [3.63, 3.8) is 0 Å². The van der Waals surface area contributed by atoms with Crippen LogP contribution < -0.4 is 14.8 Å². The van der Waals surface area contributed by atoms with Crippen LogP contribution in [-0.2, 0) is 6.54 Å². The van der Waals surface area contributed by atoms with Gasteiger partial charge in [-0.1, -0.05) is 12.1 Å². The molecule has 2 bridgehead atoms. The van der Waals surface area contributed by atoms with E-state index in [1.165, 1.54) is 31.5 Å². The third kappa shape index (κ3) is 2.61. The molecule has 0 aliphatic carbocycles. The van der Waals surface area contributed by atoms with Gasteiger partial charge < -0.3 is 14.8 Å². The van der Waals surface area contributed by atoms with E-state index in [0.717, 1.165) is 30.5 Å². The Morgan fingerprint density at radius 2 is 2.23 bits per heavy atom. The van der Waals surface area contributed by atoms with Crippen LogP contribution >= 0.6 is 0 Å². The second-order valence-corrected chi connectivity index (χ2v) is 6.65. The second-order valence-electron chi connectivity index (χ2n) is 6.65. The van der Waals surface area contributed by atoms with Crippen molar-refractivity contribution in [1.82, 2.24) is 10.2 Å².